The second kappa shape index (κ2) is 10.6. The lowest BCUT2D eigenvalue weighted by molar-refractivity contribution is 0.0947. The Bertz CT molecular complexity index is 1210. The number of rotatable bonds is 9. The Hall–Kier alpha value is -2.89. The van der Waals surface area contributed by atoms with E-state index in [2.05, 4.69) is 15.0 Å². The third-order valence-corrected chi connectivity index (χ3v) is 6.36. The first-order valence-electron chi connectivity index (χ1n) is 9.26. The van der Waals surface area contributed by atoms with E-state index in [4.69, 9.17) is 0 Å². The zero-order chi connectivity index (χ0) is 23.1. The quantitative estimate of drug-likeness (QED) is 0.452. The first kappa shape index (κ1) is 23.8. The maximum absolute atomic E-state index is 13.3. The number of hydrogen-bond acceptors (Lipinski definition) is 5. The van der Waals surface area contributed by atoms with Crippen molar-refractivity contribution in [1.29, 1.82) is 0 Å². The lowest BCUT2D eigenvalue weighted by Crippen LogP contribution is -2.25. The van der Waals surface area contributed by atoms with Crippen LogP contribution >= 0.6 is 11.8 Å². The van der Waals surface area contributed by atoms with Crippen molar-refractivity contribution in [2.45, 2.75) is 28.8 Å². The molecule has 0 radical (unpaired) electrons. The summed E-state index contributed by atoms with van der Waals surface area (Å²) >= 11 is 0.169. The summed E-state index contributed by atoms with van der Waals surface area (Å²) in [7, 11) is -3.89. The summed E-state index contributed by atoms with van der Waals surface area (Å²) in [4.78, 5) is 16.2. The minimum Gasteiger partial charge on any atom is -0.348 e. The number of carbonyl (C=O) groups is 1. The molecular weight excluding hydrogens is 463 g/mol. The Morgan fingerprint density at radius 1 is 1.00 bits per heavy atom. The number of sulfonamides is 1. The van der Waals surface area contributed by atoms with Crippen LogP contribution in [0.4, 0.5) is 13.2 Å². The Morgan fingerprint density at radius 2 is 1.72 bits per heavy atom. The number of alkyl halides is 2. The largest absolute Gasteiger partial charge is 0.348 e. The van der Waals surface area contributed by atoms with Gasteiger partial charge < -0.3 is 5.32 Å². The van der Waals surface area contributed by atoms with Crippen molar-refractivity contribution in [2.75, 3.05) is 0 Å². The number of thioether (sulfide) groups is 1. The maximum Gasteiger partial charge on any atom is 0.290 e. The van der Waals surface area contributed by atoms with E-state index >= 15 is 0 Å². The fraction of sp³-hybridized carbons (Fsp3) is 0.143. The van der Waals surface area contributed by atoms with Crippen LogP contribution in [0.25, 0.3) is 0 Å². The van der Waals surface area contributed by atoms with Crippen LogP contribution in [0.2, 0.25) is 0 Å². The van der Waals surface area contributed by atoms with E-state index < -0.39 is 27.5 Å². The number of carbonyl (C=O) groups excluding carboxylic acids is 1. The van der Waals surface area contributed by atoms with Gasteiger partial charge in [-0.05, 0) is 59.3 Å². The monoisotopic (exact) mass is 481 g/mol. The van der Waals surface area contributed by atoms with Gasteiger partial charge in [-0.3, -0.25) is 4.79 Å². The van der Waals surface area contributed by atoms with Crippen molar-refractivity contribution in [3.63, 3.8) is 0 Å². The molecule has 3 aromatic rings. The van der Waals surface area contributed by atoms with Crippen molar-refractivity contribution in [3.8, 4) is 0 Å². The van der Waals surface area contributed by atoms with E-state index in [-0.39, 0.29) is 40.3 Å². The number of hydrogen-bond donors (Lipinski definition) is 2. The molecule has 2 aromatic carbocycles. The SMILES string of the molecule is O=C(NCc1cccc(S(=O)(=O)NCc2cccc(F)c2)c1)c1cccnc1SC(F)F. The zero-order valence-electron chi connectivity index (χ0n) is 16.5. The highest BCUT2D eigenvalue weighted by Crippen LogP contribution is 2.26. The zero-order valence-corrected chi connectivity index (χ0v) is 18.1. The molecule has 1 aromatic heterocycles. The average Bonchev–Trinajstić information content (AvgIpc) is 2.76. The minimum absolute atomic E-state index is 0.00154. The highest BCUT2D eigenvalue weighted by Gasteiger charge is 2.17. The Labute approximate surface area is 187 Å². The second-order valence-corrected chi connectivity index (χ2v) is 9.26. The number of pyridine rings is 1. The molecule has 11 heteroatoms. The molecule has 0 aliphatic carbocycles. The van der Waals surface area contributed by atoms with Crippen LogP contribution in [0.3, 0.4) is 0 Å². The topological polar surface area (TPSA) is 88.2 Å². The van der Waals surface area contributed by atoms with Crippen molar-refractivity contribution in [3.05, 3.63) is 89.4 Å². The first-order chi connectivity index (χ1) is 15.2. The fourth-order valence-electron chi connectivity index (χ4n) is 2.75. The molecule has 1 amide bonds. The third-order valence-electron chi connectivity index (χ3n) is 4.23. The van der Waals surface area contributed by atoms with Crippen LogP contribution in [0.15, 0.2) is 76.8 Å². The average molecular weight is 482 g/mol. The molecule has 0 bridgehead atoms. The van der Waals surface area contributed by atoms with E-state index in [1.807, 2.05) is 0 Å². The number of halogens is 3. The predicted molar refractivity (Wildman–Crippen MR) is 114 cm³/mol. The van der Waals surface area contributed by atoms with Crippen molar-refractivity contribution in [1.82, 2.24) is 15.0 Å². The molecule has 2 N–H and O–H groups in total. The number of amides is 1. The van der Waals surface area contributed by atoms with Gasteiger partial charge >= 0.3 is 0 Å². The van der Waals surface area contributed by atoms with Crippen molar-refractivity contribution >= 4 is 27.7 Å². The number of nitrogens with one attached hydrogen (secondary N) is 2. The van der Waals surface area contributed by atoms with Crippen LogP contribution in [0, 0.1) is 5.82 Å². The minimum atomic E-state index is -3.89. The second-order valence-electron chi connectivity index (χ2n) is 6.52. The van der Waals surface area contributed by atoms with Crippen LogP contribution in [-0.2, 0) is 23.1 Å². The lowest BCUT2D eigenvalue weighted by Gasteiger charge is -2.11. The van der Waals surface area contributed by atoms with E-state index in [9.17, 15) is 26.4 Å². The van der Waals surface area contributed by atoms with Gasteiger partial charge in [-0.2, -0.15) is 8.78 Å². The predicted octanol–water partition coefficient (Wildman–Crippen LogP) is 3.94. The normalized spacial score (nSPS) is 11.5. The molecule has 168 valence electrons. The maximum atomic E-state index is 13.3. The van der Waals surface area contributed by atoms with E-state index in [0.29, 0.717) is 11.1 Å². The summed E-state index contributed by atoms with van der Waals surface area (Å²) in [5, 5.41) is 2.48. The Balaban J connectivity index is 1.66. The molecular formula is C21H18F3N3O3S2. The summed E-state index contributed by atoms with van der Waals surface area (Å²) in [6, 6.07) is 14.3. The molecule has 0 atom stereocenters. The first-order valence-corrected chi connectivity index (χ1v) is 11.6. The summed E-state index contributed by atoms with van der Waals surface area (Å²) in [6.07, 6.45) is 1.31. The van der Waals surface area contributed by atoms with Gasteiger partial charge in [0.05, 0.1) is 10.5 Å². The highest BCUT2D eigenvalue weighted by atomic mass is 32.2. The van der Waals surface area contributed by atoms with Crippen LogP contribution in [0.5, 0.6) is 0 Å². The van der Waals surface area contributed by atoms with Gasteiger partial charge in [-0.1, -0.05) is 24.3 Å². The Kier molecular flexibility index (Phi) is 7.89. The molecule has 0 saturated heterocycles. The highest BCUT2D eigenvalue weighted by molar-refractivity contribution is 7.99. The van der Waals surface area contributed by atoms with Gasteiger partial charge in [-0.15, -0.1) is 0 Å². The van der Waals surface area contributed by atoms with Gasteiger partial charge in [0.1, 0.15) is 10.8 Å². The van der Waals surface area contributed by atoms with E-state index in [1.165, 1.54) is 54.7 Å². The standard InChI is InChI=1S/C21H18F3N3O3S2/c22-16-6-1-4-14(10-16)13-27-32(29,30)17-7-2-5-15(11-17)12-26-19(28)18-8-3-9-25-20(18)31-21(23)24/h1-11,21,27H,12-13H2,(H,26,28). The number of nitrogens with zero attached hydrogens (tertiary/aromatic N) is 1. The van der Waals surface area contributed by atoms with Crippen molar-refractivity contribution in [2.24, 2.45) is 0 Å². The van der Waals surface area contributed by atoms with E-state index in [1.54, 1.807) is 12.1 Å². The van der Waals surface area contributed by atoms with Gasteiger partial charge in [0.25, 0.3) is 11.7 Å². The van der Waals surface area contributed by atoms with Crippen molar-refractivity contribution < 1.29 is 26.4 Å². The van der Waals surface area contributed by atoms with Gasteiger partial charge in [-0.25, -0.2) is 22.5 Å². The number of aromatic nitrogens is 1. The molecule has 0 aliphatic rings. The molecule has 0 spiro atoms. The summed E-state index contributed by atoms with van der Waals surface area (Å²) in [5.74, 6) is -3.81. The van der Waals surface area contributed by atoms with Gasteiger partial charge in [0.15, 0.2) is 0 Å². The van der Waals surface area contributed by atoms with Gasteiger partial charge in [0, 0.05) is 19.3 Å². The molecule has 1 heterocycles. The fourth-order valence-corrected chi connectivity index (χ4v) is 4.42. The third kappa shape index (κ3) is 6.55. The molecule has 0 saturated carbocycles. The summed E-state index contributed by atoms with van der Waals surface area (Å²) in [5.41, 5.74) is 0.947. The number of benzene rings is 2. The molecule has 32 heavy (non-hydrogen) atoms. The summed E-state index contributed by atoms with van der Waals surface area (Å²) in [6.45, 7) is -0.119. The van der Waals surface area contributed by atoms with Crippen LogP contribution in [-0.4, -0.2) is 25.1 Å². The van der Waals surface area contributed by atoms with Crippen LogP contribution < -0.4 is 10.0 Å². The van der Waals surface area contributed by atoms with Gasteiger partial charge in [0.2, 0.25) is 10.0 Å². The molecule has 0 fully saturated rings. The molecule has 0 aliphatic heterocycles. The molecule has 0 unspecified atom stereocenters. The lowest BCUT2D eigenvalue weighted by atomic mass is 10.2. The summed E-state index contributed by atoms with van der Waals surface area (Å²) < 4.78 is 66.2. The smallest absolute Gasteiger partial charge is 0.290 e. The Morgan fingerprint density at radius 3 is 2.44 bits per heavy atom. The molecule has 3 rings (SSSR count). The molecule has 6 nitrogen and oxygen atoms in total. The van der Waals surface area contributed by atoms with Crippen LogP contribution in [0.1, 0.15) is 21.5 Å². The van der Waals surface area contributed by atoms with E-state index in [0.717, 1.165) is 0 Å².